The Balaban J connectivity index is 1.54. The van der Waals surface area contributed by atoms with E-state index in [0.29, 0.717) is 44.5 Å². The molecule has 2 aliphatic rings. The van der Waals surface area contributed by atoms with E-state index >= 15 is 0 Å². The second kappa shape index (κ2) is 11.0. The maximum absolute atomic E-state index is 12.8. The third-order valence-corrected chi connectivity index (χ3v) is 7.26. The van der Waals surface area contributed by atoms with Crippen LogP contribution >= 0.6 is 0 Å². The zero-order chi connectivity index (χ0) is 30.1. The van der Waals surface area contributed by atoms with Gasteiger partial charge < -0.3 is 19.4 Å². The molecule has 1 heterocycles. The Labute approximate surface area is 246 Å². The largest absolute Gasteiger partial charge is 0.508 e. The quantitative estimate of drug-likeness (QED) is 0.157. The summed E-state index contributed by atoms with van der Waals surface area (Å²) in [6.07, 6.45) is 3.85. The number of aromatic carboxylic acids is 1. The summed E-state index contributed by atoms with van der Waals surface area (Å²) < 4.78 is 11.4. The molecule has 0 amide bonds. The lowest BCUT2D eigenvalue weighted by molar-refractivity contribution is 0.0697. The van der Waals surface area contributed by atoms with E-state index in [0.717, 1.165) is 16.7 Å². The van der Waals surface area contributed by atoms with Gasteiger partial charge in [0.2, 0.25) is 0 Å². The summed E-state index contributed by atoms with van der Waals surface area (Å²) in [5.41, 5.74) is 5.43. The van der Waals surface area contributed by atoms with Crippen LogP contribution in [0.2, 0.25) is 0 Å². The summed E-state index contributed by atoms with van der Waals surface area (Å²) in [7, 11) is 1.57. The van der Waals surface area contributed by atoms with Crippen LogP contribution in [0.25, 0.3) is 56.7 Å². The van der Waals surface area contributed by atoms with Crippen LogP contribution in [0, 0.1) is 11.3 Å². The maximum Gasteiger partial charge on any atom is 0.336 e. The van der Waals surface area contributed by atoms with Crippen molar-refractivity contribution in [2.24, 2.45) is 0 Å². The molecule has 0 fully saturated rings. The first-order valence-corrected chi connectivity index (χ1v) is 13.3. The monoisotopic (exact) mass is 565 g/mol. The third kappa shape index (κ3) is 5.21. The number of phenols is 1. The van der Waals surface area contributed by atoms with E-state index in [-0.39, 0.29) is 22.5 Å². The maximum atomic E-state index is 12.8. The van der Waals surface area contributed by atoms with Crippen LogP contribution in [-0.2, 0) is 0 Å². The van der Waals surface area contributed by atoms with E-state index in [2.05, 4.69) is 6.07 Å². The van der Waals surface area contributed by atoms with Crippen LogP contribution in [0.15, 0.2) is 106 Å². The standard InChI is InChI=1S/C36H23NO6/c1-42-27-12-8-23(7-6-21-2-4-22(20-37)5-3-21)31(19-27)24-9-13-28(32(16-24)36(40)41)35-29-14-10-25(38)17-33(29)43-34-18-26(39)11-15-30(34)35/h2-19,38H,1H3,(H,40,41)/b7-6+. The molecule has 1 aliphatic heterocycles. The van der Waals surface area contributed by atoms with Gasteiger partial charge >= 0.3 is 5.97 Å². The molecule has 6 rings (SSSR count). The number of hydrogen-bond acceptors (Lipinski definition) is 6. The second-order valence-corrected chi connectivity index (χ2v) is 9.90. The van der Waals surface area contributed by atoms with Crippen molar-refractivity contribution < 1.29 is 24.2 Å². The molecule has 2 N–H and O–H groups in total. The molecule has 0 atom stereocenters. The van der Waals surface area contributed by atoms with Gasteiger partial charge in [-0.15, -0.1) is 0 Å². The van der Waals surface area contributed by atoms with Crippen LogP contribution in [0.5, 0.6) is 11.5 Å². The molecule has 0 saturated heterocycles. The smallest absolute Gasteiger partial charge is 0.336 e. The number of nitriles is 1. The Hall–Kier alpha value is -6.13. The predicted molar refractivity (Wildman–Crippen MR) is 165 cm³/mol. The van der Waals surface area contributed by atoms with Crippen molar-refractivity contribution >= 4 is 29.1 Å². The molecule has 4 aromatic carbocycles. The molecule has 4 aromatic rings. The number of carboxylic acids is 1. The molecular formula is C36H23NO6. The fourth-order valence-electron chi connectivity index (χ4n) is 5.17. The van der Waals surface area contributed by atoms with Crippen molar-refractivity contribution in [2.75, 3.05) is 7.11 Å². The average Bonchev–Trinajstić information content (AvgIpc) is 3.02. The highest BCUT2D eigenvalue weighted by molar-refractivity contribution is 6.08. The first-order chi connectivity index (χ1) is 20.8. The Morgan fingerprint density at radius 3 is 2.40 bits per heavy atom. The van der Waals surface area contributed by atoms with Crippen LogP contribution in [-0.4, -0.2) is 23.3 Å². The molecule has 0 spiro atoms. The Morgan fingerprint density at radius 2 is 1.65 bits per heavy atom. The van der Waals surface area contributed by atoms with Crippen LogP contribution in [0.4, 0.5) is 0 Å². The zero-order valence-electron chi connectivity index (χ0n) is 22.9. The number of nitrogens with zero attached hydrogens (tertiary/aromatic N) is 1. The topological polar surface area (TPSA) is 121 Å². The van der Waals surface area contributed by atoms with Crippen molar-refractivity contribution in [3.05, 3.63) is 130 Å². The minimum atomic E-state index is -1.13. The lowest BCUT2D eigenvalue weighted by Crippen LogP contribution is -2.04. The van der Waals surface area contributed by atoms with Gasteiger partial charge in [0.15, 0.2) is 5.43 Å². The van der Waals surface area contributed by atoms with Gasteiger partial charge in [-0.25, -0.2) is 4.79 Å². The van der Waals surface area contributed by atoms with Crippen molar-refractivity contribution in [1.82, 2.24) is 0 Å². The van der Waals surface area contributed by atoms with Gasteiger partial charge in [0.25, 0.3) is 0 Å². The highest BCUT2D eigenvalue weighted by Crippen LogP contribution is 2.43. The molecule has 7 heteroatoms. The van der Waals surface area contributed by atoms with E-state index in [4.69, 9.17) is 14.4 Å². The molecule has 0 radical (unpaired) electrons. The van der Waals surface area contributed by atoms with Crippen LogP contribution in [0.3, 0.4) is 0 Å². The molecule has 0 aromatic heterocycles. The number of benzene rings is 5. The molecule has 43 heavy (non-hydrogen) atoms. The lowest BCUT2D eigenvalue weighted by atomic mass is 9.88. The summed E-state index contributed by atoms with van der Waals surface area (Å²) in [6, 6.07) is 29.1. The Bertz CT molecular complexity index is 2130. The van der Waals surface area contributed by atoms with E-state index in [1.54, 1.807) is 43.5 Å². The van der Waals surface area contributed by atoms with Crippen molar-refractivity contribution in [3.63, 3.8) is 0 Å². The van der Waals surface area contributed by atoms with Gasteiger partial charge in [0.1, 0.15) is 22.8 Å². The zero-order valence-corrected chi connectivity index (χ0v) is 22.9. The highest BCUT2D eigenvalue weighted by atomic mass is 16.5. The number of aromatic hydroxyl groups is 1. The van der Waals surface area contributed by atoms with E-state index in [1.807, 2.05) is 48.6 Å². The number of rotatable bonds is 6. The van der Waals surface area contributed by atoms with Gasteiger partial charge in [-0.3, -0.25) is 4.79 Å². The van der Waals surface area contributed by atoms with E-state index in [9.17, 15) is 19.8 Å². The molecular weight excluding hydrogens is 542 g/mol. The number of carboxylic acid groups (broad SMARTS) is 1. The van der Waals surface area contributed by atoms with Gasteiger partial charge in [0, 0.05) is 28.6 Å². The number of ether oxygens (including phenoxy) is 1. The van der Waals surface area contributed by atoms with E-state index < -0.39 is 5.97 Å². The van der Waals surface area contributed by atoms with Crippen molar-refractivity contribution in [3.8, 4) is 51.1 Å². The van der Waals surface area contributed by atoms with Crippen molar-refractivity contribution in [1.29, 1.82) is 5.26 Å². The number of hydrogen-bond donors (Lipinski definition) is 2. The third-order valence-electron chi connectivity index (χ3n) is 7.26. The summed E-state index contributed by atoms with van der Waals surface area (Å²) in [6.45, 7) is 0. The molecule has 0 unspecified atom stereocenters. The van der Waals surface area contributed by atoms with Crippen LogP contribution < -0.4 is 10.2 Å². The SMILES string of the molecule is COc1ccc(/C=C/c2ccc(C#N)cc2)c(-c2ccc(-c3c4ccc(=O)cc-4oc4cc(O)ccc34)c(C(=O)O)c2)c1. The molecule has 208 valence electrons. The second-order valence-electron chi connectivity index (χ2n) is 9.90. The lowest BCUT2D eigenvalue weighted by Gasteiger charge is -2.18. The normalized spacial score (nSPS) is 11.2. The average molecular weight is 566 g/mol. The van der Waals surface area contributed by atoms with Gasteiger partial charge in [-0.05, 0) is 82.4 Å². The van der Waals surface area contributed by atoms with E-state index in [1.165, 1.54) is 24.3 Å². The molecule has 1 aliphatic carbocycles. The first kappa shape index (κ1) is 27.1. The first-order valence-electron chi connectivity index (χ1n) is 13.3. The molecule has 7 nitrogen and oxygen atoms in total. The Kier molecular flexibility index (Phi) is 6.94. The van der Waals surface area contributed by atoms with Gasteiger partial charge in [-0.2, -0.15) is 5.26 Å². The summed E-state index contributed by atoms with van der Waals surface area (Å²) in [5.74, 6) is -0.255. The number of fused-ring (bicyclic) bond motifs is 2. The van der Waals surface area contributed by atoms with Crippen LogP contribution in [0.1, 0.15) is 27.0 Å². The Morgan fingerprint density at radius 1 is 0.860 bits per heavy atom. The summed E-state index contributed by atoms with van der Waals surface area (Å²) in [5, 5.41) is 30.2. The predicted octanol–water partition coefficient (Wildman–Crippen LogP) is 7.69. The fraction of sp³-hybridized carbons (Fsp3) is 0.0278. The number of methoxy groups -OCH3 is 1. The van der Waals surface area contributed by atoms with Crippen molar-refractivity contribution in [2.45, 2.75) is 0 Å². The number of phenolic OH excluding ortho intramolecular Hbond substituents is 1. The molecule has 0 saturated carbocycles. The number of carbonyl (C=O) groups is 1. The fourth-order valence-corrected chi connectivity index (χ4v) is 5.17. The molecule has 0 bridgehead atoms. The van der Waals surface area contributed by atoms with Gasteiger partial charge in [-0.1, -0.05) is 42.5 Å². The van der Waals surface area contributed by atoms with Gasteiger partial charge in [0.05, 0.1) is 24.3 Å². The summed E-state index contributed by atoms with van der Waals surface area (Å²) >= 11 is 0. The highest BCUT2D eigenvalue weighted by Gasteiger charge is 2.23. The minimum Gasteiger partial charge on any atom is -0.508 e. The summed E-state index contributed by atoms with van der Waals surface area (Å²) in [4.78, 5) is 24.9. The minimum absolute atomic E-state index is 0.0201.